The number of hydrogen-bond donors (Lipinski definition) is 2. The van der Waals surface area contributed by atoms with Gasteiger partial charge in [0.1, 0.15) is 0 Å². The minimum absolute atomic E-state index is 0.242. The summed E-state index contributed by atoms with van der Waals surface area (Å²) in [5.74, 6) is 4.62. The van der Waals surface area contributed by atoms with Crippen LogP contribution < -0.4 is 11.4 Å². The van der Waals surface area contributed by atoms with Crippen LogP contribution in [-0.4, -0.2) is 71.5 Å². The molecule has 0 amide bonds. The molecule has 0 atom stereocenters. The lowest BCUT2D eigenvalue weighted by Crippen LogP contribution is -2.45. The fraction of sp³-hybridized carbons (Fsp3) is 0.941. The van der Waals surface area contributed by atoms with E-state index in [4.69, 9.17) is 29.7 Å². The molecular weight excluding hydrogens is 344 g/mol. The van der Waals surface area contributed by atoms with Gasteiger partial charge in [0.05, 0.1) is 65.4 Å². The van der Waals surface area contributed by atoms with Gasteiger partial charge in [0.25, 0.3) is 0 Å². The number of rotatable bonds is 17. The lowest BCUT2D eigenvalue weighted by atomic mass is 9.80. The fourth-order valence-electron chi connectivity index (χ4n) is 2.49. The molecule has 0 radical (unpaired) electrons. The van der Waals surface area contributed by atoms with Gasteiger partial charge in [-0.25, -0.2) is 5.90 Å². The van der Waals surface area contributed by atoms with Gasteiger partial charge >= 0.3 is 5.97 Å². The fourth-order valence-corrected chi connectivity index (χ4v) is 2.49. The average Bonchev–Trinajstić information content (AvgIpc) is 2.57. The van der Waals surface area contributed by atoms with Crippen molar-refractivity contribution in [1.82, 2.24) is 5.48 Å². The second-order valence-corrected chi connectivity index (χ2v) is 7.09. The molecule has 0 aromatic rings. The first kappa shape index (κ1) is 25.2. The Labute approximate surface area is 156 Å². The van der Waals surface area contributed by atoms with Crippen molar-refractivity contribution in [2.75, 3.05) is 60.0 Å². The van der Waals surface area contributed by atoms with Gasteiger partial charge in [0.2, 0.25) is 0 Å². The zero-order valence-corrected chi connectivity index (χ0v) is 16.8. The average molecular weight is 380 g/mol. The molecule has 156 valence electrons. The first-order valence-electron chi connectivity index (χ1n) is 8.77. The van der Waals surface area contributed by atoms with Crippen molar-refractivity contribution < 1.29 is 33.4 Å². The van der Waals surface area contributed by atoms with Crippen LogP contribution >= 0.6 is 0 Å². The Morgan fingerprint density at radius 3 is 1.77 bits per heavy atom. The predicted molar refractivity (Wildman–Crippen MR) is 96.2 cm³/mol. The summed E-state index contributed by atoms with van der Waals surface area (Å²) in [5, 5.41) is 0. The number of methoxy groups -OCH3 is 1. The molecule has 0 saturated heterocycles. The molecule has 0 bridgehead atoms. The van der Waals surface area contributed by atoms with Crippen molar-refractivity contribution in [3.05, 3.63) is 0 Å². The standard InChI is InChI=1S/C17H36N2O7/c1-16(2,15(20)21-5)14-17(3,4)19-26-13-11-24-9-7-22-6-8-23-10-12-25-18/h19H,6-14,18H2,1-5H3. The molecule has 0 spiro atoms. The van der Waals surface area contributed by atoms with Crippen LogP contribution in [0.5, 0.6) is 0 Å². The van der Waals surface area contributed by atoms with Gasteiger partial charge in [0, 0.05) is 5.54 Å². The minimum Gasteiger partial charge on any atom is -0.469 e. The maximum Gasteiger partial charge on any atom is 0.311 e. The summed E-state index contributed by atoms with van der Waals surface area (Å²) in [5.41, 5.74) is 2.00. The van der Waals surface area contributed by atoms with E-state index in [2.05, 4.69) is 10.3 Å². The van der Waals surface area contributed by atoms with Gasteiger partial charge in [-0.2, -0.15) is 5.48 Å². The number of nitrogens with one attached hydrogen (secondary N) is 1. The third kappa shape index (κ3) is 13.4. The monoisotopic (exact) mass is 380 g/mol. The molecule has 0 rings (SSSR count). The van der Waals surface area contributed by atoms with Crippen LogP contribution in [0.4, 0.5) is 0 Å². The van der Waals surface area contributed by atoms with Crippen molar-refractivity contribution in [1.29, 1.82) is 0 Å². The second-order valence-electron chi connectivity index (χ2n) is 7.09. The van der Waals surface area contributed by atoms with E-state index in [-0.39, 0.29) is 11.5 Å². The smallest absolute Gasteiger partial charge is 0.311 e. The zero-order valence-electron chi connectivity index (χ0n) is 16.8. The Morgan fingerprint density at radius 2 is 1.31 bits per heavy atom. The molecule has 0 aromatic heterocycles. The molecule has 0 aliphatic heterocycles. The molecule has 0 aliphatic rings. The zero-order chi connectivity index (χ0) is 19.9. The Bertz CT molecular complexity index is 365. The molecule has 0 saturated carbocycles. The molecule has 3 N–H and O–H groups in total. The maximum atomic E-state index is 11.8. The highest BCUT2D eigenvalue weighted by atomic mass is 16.7. The summed E-state index contributed by atoms with van der Waals surface area (Å²) in [6, 6.07) is 0. The quantitative estimate of drug-likeness (QED) is 0.215. The number of hydrogen-bond acceptors (Lipinski definition) is 9. The number of carbonyl (C=O) groups excluding carboxylic acids is 1. The van der Waals surface area contributed by atoms with Gasteiger partial charge in [0.15, 0.2) is 0 Å². The largest absolute Gasteiger partial charge is 0.469 e. The van der Waals surface area contributed by atoms with Gasteiger partial charge < -0.3 is 23.8 Å². The first-order valence-corrected chi connectivity index (χ1v) is 8.77. The van der Waals surface area contributed by atoms with Crippen molar-refractivity contribution in [3.8, 4) is 0 Å². The Hall–Kier alpha value is -0.810. The SMILES string of the molecule is COC(=O)C(C)(C)CC(C)(C)NOCCOCCOCCOCCON. The third-order valence-corrected chi connectivity index (χ3v) is 3.39. The number of carbonyl (C=O) groups is 1. The number of esters is 1. The van der Waals surface area contributed by atoms with Crippen molar-refractivity contribution >= 4 is 5.97 Å². The summed E-state index contributed by atoms with van der Waals surface area (Å²) < 4.78 is 20.8. The molecule has 0 aromatic carbocycles. The third-order valence-electron chi connectivity index (χ3n) is 3.39. The van der Waals surface area contributed by atoms with E-state index in [0.717, 1.165) is 0 Å². The normalized spacial score (nSPS) is 12.4. The second kappa shape index (κ2) is 14.3. The molecule has 9 heteroatoms. The maximum absolute atomic E-state index is 11.8. The summed E-state index contributed by atoms with van der Waals surface area (Å²) in [6.45, 7) is 11.2. The number of nitrogens with two attached hydrogens (primary N) is 1. The van der Waals surface area contributed by atoms with Crippen LogP contribution in [0, 0.1) is 5.41 Å². The van der Waals surface area contributed by atoms with Gasteiger partial charge in [-0.3, -0.25) is 9.63 Å². The summed E-state index contributed by atoms with van der Waals surface area (Å²) in [4.78, 5) is 21.6. The number of hydroxylamine groups is 1. The molecule has 0 fully saturated rings. The van der Waals surface area contributed by atoms with Crippen LogP contribution in [0.1, 0.15) is 34.1 Å². The van der Waals surface area contributed by atoms with E-state index >= 15 is 0 Å². The first-order chi connectivity index (χ1) is 12.2. The topological polar surface area (TPSA) is 111 Å². The lowest BCUT2D eigenvalue weighted by Gasteiger charge is -2.33. The number of ether oxygens (including phenoxy) is 4. The molecule has 9 nitrogen and oxygen atoms in total. The molecule has 0 unspecified atom stereocenters. The van der Waals surface area contributed by atoms with Gasteiger partial charge in [-0.1, -0.05) is 0 Å². The van der Waals surface area contributed by atoms with Crippen LogP contribution in [0.15, 0.2) is 0 Å². The van der Waals surface area contributed by atoms with Crippen molar-refractivity contribution in [3.63, 3.8) is 0 Å². The van der Waals surface area contributed by atoms with E-state index in [9.17, 15) is 4.79 Å². The highest BCUT2D eigenvalue weighted by Crippen LogP contribution is 2.29. The molecule has 0 aliphatic carbocycles. The lowest BCUT2D eigenvalue weighted by molar-refractivity contribution is -0.153. The van der Waals surface area contributed by atoms with E-state index in [1.54, 1.807) is 0 Å². The van der Waals surface area contributed by atoms with Crippen molar-refractivity contribution in [2.45, 2.75) is 39.7 Å². The van der Waals surface area contributed by atoms with Crippen LogP contribution in [0.3, 0.4) is 0 Å². The van der Waals surface area contributed by atoms with E-state index in [0.29, 0.717) is 59.3 Å². The van der Waals surface area contributed by atoms with Crippen LogP contribution in [0.25, 0.3) is 0 Å². The summed E-state index contributed by atoms with van der Waals surface area (Å²) >= 11 is 0. The highest BCUT2D eigenvalue weighted by molar-refractivity contribution is 5.75. The van der Waals surface area contributed by atoms with Gasteiger partial charge in [-0.05, 0) is 34.1 Å². The Balaban J connectivity index is 3.58. The predicted octanol–water partition coefficient (Wildman–Crippen LogP) is 0.816. The molecular formula is C17H36N2O7. The Kier molecular flexibility index (Phi) is 13.8. The molecule has 26 heavy (non-hydrogen) atoms. The summed E-state index contributed by atoms with van der Waals surface area (Å²) in [6.07, 6.45) is 0.570. The molecule has 0 heterocycles. The minimum atomic E-state index is -0.594. The van der Waals surface area contributed by atoms with E-state index in [1.807, 2.05) is 27.7 Å². The highest BCUT2D eigenvalue weighted by Gasteiger charge is 2.35. The van der Waals surface area contributed by atoms with E-state index in [1.165, 1.54) is 7.11 Å². The summed E-state index contributed by atoms with van der Waals surface area (Å²) in [7, 11) is 1.39. The van der Waals surface area contributed by atoms with E-state index < -0.39 is 5.41 Å². The van der Waals surface area contributed by atoms with Crippen LogP contribution in [0.2, 0.25) is 0 Å². The van der Waals surface area contributed by atoms with Gasteiger partial charge in [-0.15, -0.1) is 0 Å². The van der Waals surface area contributed by atoms with Crippen LogP contribution in [-0.2, 0) is 33.4 Å². The Morgan fingerprint density at radius 1 is 0.846 bits per heavy atom. The van der Waals surface area contributed by atoms with Crippen molar-refractivity contribution in [2.24, 2.45) is 11.3 Å².